The molecule has 0 aromatic heterocycles. The van der Waals surface area contributed by atoms with Crippen molar-refractivity contribution >= 4 is 35.2 Å². The molecule has 0 unspecified atom stereocenters. The van der Waals surface area contributed by atoms with Gasteiger partial charge in [0.15, 0.2) is 5.84 Å². The van der Waals surface area contributed by atoms with Gasteiger partial charge in [-0.1, -0.05) is 63.6 Å². The number of unbranched alkanes of at least 4 members (excludes halogenated alkanes) is 1. The number of amidine groups is 1. The van der Waals surface area contributed by atoms with E-state index in [2.05, 4.69) is 30.7 Å². The standard InChI is InChI=1S/C34H40N6O4.C4H10/c1-6-36-34(33(26(2)35)39(4)28-17-19-31(20-18-28)44-30-14-8-7-9-15-30)40(25-41)29-13-10-12-27(24-29)37-32(42)16-11-21-38(3)22-23-43-5;1-3-4-2/h6-20,24-25H,1,21-23,35H2,2-5H3,(H,37,42);3-4H2,1-2H3/b16-11+,33-26-,36-34?;. The number of hydrogen-bond donors (Lipinski definition) is 2. The number of nitrogens with two attached hydrogens (primary N) is 1. The molecular formula is C38H50N6O4. The average molecular weight is 655 g/mol. The van der Waals surface area contributed by atoms with Gasteiger partial charge in [0.1, 0.15) is 17.2 Å². The summed E-state index contributed by atoms with van der Waals surface area (Å²) in [6.07, 6.45) is 7.88. The number of benzene rings is 3. The van der Waals surface area contributed by atoms with Crippen molar-refractivity contribution in [3.63, 3.8) is 0 Å². The minimum Gasteiger partial charge on any atom is -0.457 e. The van der Waals surface area contributed by atoms with Crippen LogP contribution in [0, 0.1) is 0 Å². The monoisotopic (exact) mass is 654 g/mol. The quantitative estimate of drug-likeness (QED) is 0.0728. The van der Waals surface area contributed by atoms with Crippen LogP contribution in [-0.4, -0.2) is 64.0 Å². The number of aliphatic imine (C=N–C) groups is 1. The van der Waals surface area contributed by atoms with Crippen LogP contribution in [0.15, 0.2) is 120 Å². The Morgan fingerprint density at radius 1 is 0.958 bits per heavy atom. The molecule has 48 heavy (non-hydrogen) atoms. The first-order chi connectivity index (χ1) is 23.2. The van der Waals surface area contributed by atoms with Crippen molar-refractivity contribution in [2.75, 3.05) is 56.0 Å². The second-order valence-electron chi connectivity index (χ2n) is 10.8. The van der Waals surface area contributed by atoms with Crippen LogP contribution in [0.2, 0.25) is 0 Å². The highest BCUT2D eigenvalue weighted by molar-refractivity contribution is 6.20. The van der Waals surface area contributed by atoms with E-state index in [0.717, 1.165) is 18.0 Å². The molecule has 0 radical (unpaired) electrons. The maximum atomic E-state index is 12.6. The highest BCUT2D eigenvalue weighted by atomic mass is 16.5. The van der Waals surface area contributed by atoms with Gasteiger partial charge in [-0.05, 0) is 68.6 Å². The SMILES string of the molecule is C=CN=C(/C(=C(\C)N)N(C)c1ccc(Oc2ccccc2)cc1)N(C=O)c1cccc(NC(=O)/C=C/CN(C)CCOC)c1.CCCC. The Kier molecular flexibility index (Phi) is 17.5. The zero-order chi connectivity index (χ0) is 35.3. The van der Waals surface area contributed by atoms with Crippen molar-refractivity contribution in [2.24, 2.45) is 10.7 Å². The van der Waals surface area contributed by atoms with Gasteiger partial charge in [-0.3, -0.25) is 14.5 Å². The molecule has 10 nitrogen and oxygen atoms in total. The summed E-state index contributed by atoms with van der Waals surface area (Å²) in [4.78, 5) is 34.8. The molecule has 3 aromatic carbocycles. The second-order valence-corrected chi connectivity index (χ2v) is 10.8. The van der Waals surface area contributed by atoms with Gasteiger partial charge in [0.2, 0.25) is 12.3 Å². The van der Waals surface area contributed by atoms with Crippen molar-refractivity contribution in [1.29, 1.82) is 0 Å². The van der Waals surface area contributed by atoms with Crippen molar-refractivity contribution < 1.29 is 19.1 Å². The van der Waals surface area contributed by atoms with E-state index in [1.165, 1.54) is 30.0 Å². The normalized spacial score (nSPS) is 11.7. The number of anilines is 3. The third kappa shape index (κ3) is 12.9. The number of allylic oxidation sites excluding steroid dienone is 1. The molecule has 3 aromatic rings. The van der Waals surface area contributed by atoms with Crippen LogP contribution in [0.5, 0.6) is 11.5 Å². The van der Waals surface area contributed by atoms with Crippen molar-refractivity contribution in [1.82, 2.24) is 4.90 Å². The van der Waals surface area contributed by atoms with Gasteiger partial charge < -0.3 is 30.3 Å². The largest absolute Gasteiger partial charge is 0.457 e. The number of nitrogens with one attached hydrogen (secondary N) is 1. The van der Waals surface area contributed by atoms with Gasteiger partial charge in [-0.15, -0.1) is 0 Å². The molecule has 0 saturated carbocycles. The summed E-state index contributed by atoms with van der Waals surface area (Å²) in [5.74, 6) is 1.36. The number of nitrogens with zero attached hydrogens (tertiary/aromatic N) is 4. The van der Waals surface area contributed by atoms with E-state index in [0.29, 0.717) is 48.1 Å². The summed E-state index contributed by atoms with van der Waals surface area (Å²) in [6, 6.07) is 23.9. The molecule has 256 valence electrons. The number of methoxy groups -OCH3 is 1. The zero-order valence-corrected chi connectivity index (χ0v) is 29.1. The molecular weight excluding hydrogens is 604 g/mol. The topological polar surface area (TPSA) is 113 Å². The fourth-order valence-corrected chi connectivity index (χ4v) is 4.23. The second kappa shape index (κ2) is 21.6. The fraction of sp³-hybridized carbons (Fsp3) is 0.289. The van der Waals surface area contributed by atoms with Crippen molar-refractivity contribution in [3.8, 4) is 11.5 Å². The minimum atomic E-state index is -0.294. The number of carbonyl (C=O) groups excluding carboxylic acids is 2. The summed E-state index contributed by atoms with van der Waals surface area (Å²) in [7, 11) is 5.42. The highest BCUT2D eigenvalue weighted by Gasteiger charge is 2.23. The van der Waals surface area contributed by atoms with Gasteiger partial charge in [0.25, 0.3) is 0 Å². The summed E-state index contributed by atoms with van der Waals surface area (Å²) in [6.45, 7) is 11.8. The van der Waals surface area contributed by atoms with E-state index < -0.39 is 0 Å². The lowest BCUT2D eigenvalue weighted by Gasteiger charge is -2.29. The molecule has 0 spiro atoms. The maximum absolute atomic E-state index is 12.6. The van der Waals surface area contributed by atoms with Gasteiger partial charge in [-0.2, -0.15) is 0 Å². The molecule has 0 aliphatic carbocycles. The lowest BCUT2D eigenvalue weighted by Crippen LogP contribution is -2.38. The number of rotatable bonds is 16. The first-order valence-electron chi connectivity index (χ1n) is 15.9. The Morgan fingerprint density at radius 2 is 1.62 bits per heavy atom. The smallest absolute Gasteiger partial charge is 0.248 e. The van der Waals surface area contributed by atoms with E-state index in [4.69, 9.17) is 15.2 Å². The molecule has 0 fully saturated rings. The Bertz CT molecular complexity index is 1510. The van der Waals surface area contributed by atoms with E-state index in [1.54, 1.807) is 44.4 Å². The number of likely N-dealkylation sites (N-methyl/N-ethyl adjacent to an activating group) is 2. The van der Waals surface area contributed by atoms with Crippen LogP contribution in [0.1, 0.15) is 33.6 Å². The third-order valence-electron chi connectivity index (χ3n) is 6.93. The summed E-state index contributed by atoms with van der Waals surface area (Å²) in [5.41, 5.74) is 9.06. The van der Waals surface area contributed by atoms with Crippen LogP contribution in [0.3, 0.4) is 0 Å². The molecule has 0 aliphatic rings. The minimum absolute atomic E-state index is 0.254. The first kappa shape index (κ1) is 39.0. The molecule has 10 heteroatoms. The number of para-hydroxylation sites is 1. The number of hydrogen-bond acceptors (Lipinski definition) is 8. The van der Waals surface area contributed by atoms with E-state index in [-0.39, 0.29) is 11.7 Å². The Balaban J connectivity index is 0.00000189. The Morgan fingerprint density at radius 3 is 2.21 bits per heavy atom. The van der Waals surface area contributed by atoms with Gasteiger partial charge in [0.05, 0.1) is 12.3 Å². The Labute approximate surface area is 285 Å². The maximum Gasteiger partial charge on any atom is 0.248 e. The molecule has 3 N–H and O–H groups in total. The molecule has 3 rings (SSSR count). The lowest BCUT2D eigenvalue weighted by molar-refractivity contribution is -0.112. The number of carbonyl (C=O) groups is 2. The fourth-order valence-electron chi connectivity index (χ4n) is 4.23. The summed E-state index contributed by atoms with van der Waals surface area (Å²) >= 11 is 0. The molecule has 0 atom stereocenters. The predicted octanol–water partition coefficient (Wildman–Crippen LogP) is 7.19. The van der Waals surface area contributed by atoms with Gasteiger partial charge in [-0.25, -0.2) is 4.99 Å². The predicted molar refractivity (Wildman–Crippen MR) is 199 cm³/mol. The third-order valence-corrected chi connectivity index (χ3v) is 6.93. The number of amides is 2. The molecule has 2 amide bonds. The van der Waals surface area contributed by atoms with E-state index in [9.17, 15) is 9.59 Å². The number of ether oxygens (including phenoxy) is 2. The molecule has 0 heterocycles. The summed E-state index contributed by atoms with van der Waals surface area (Å²) in [5, 5.41) is 2.84. The first-order valence-corrected chi connectivity index (χ1v) is 15.9. The molecule has 0 aliphatic heterocycles. The van der Waals surface area contributed by atoms with E-state index in [1.807, 2.05) is 78.5 Å². The van der Waals surface area contributed by atoms with Gasteiger partial charge >= 0.3 is 0 Å². The molecule has 0 bridgehead atoms. The Hall–Kier alpha value is -5.19. The summed E-state index contributed by atoms with van der Waals surface area (Å²) < 4.78 is 11.0. The van der Waals surface area contributed by atoms with Crippen molar-refractivity contribution in [3.05, 3.63) is 115 Å². The van der Waals surface area contributed by atoms with Gasteiger partial charge in [0, 0.05) is 56.6 Å². The van der Waals surface area contributed by atoms with Crippen molar-refractivity contribution in [2.45, 2.75) is 33.6 Å². The van der Waals surface area contributed by atoms with Crippen LogP contribution in [0.25, 0.3) is 0 Å². The van der Waals surface area contributed by atoms with E-state index >= 15 is 0 Å². The average Bonchev–Trinajstić information content (AvgIpc) is 3.08. The van der Waals surface area contributed by atoms with Crippen LogP contribution >= 0.6 is 0 Å². The zero-order valence-electron chi connectivity index (χ0n) is 29.1. The highest BCUT2D eigenvalue weighted by Crippen LogP contribution is 2.28. The van der Waals surface area contributed by atoms with Crippen LogP contribution in [0.4, 0.5) is 17.1 Å². The molecule has 0 saturated heterocycles. The lowest BCUT2D eigenvalue weighted by atomic mass is 10.2. The van der Waals surface area contributed by atoms with Crippen LogP contribution < -0.4 is 25.6 Å². The van der Waals surface area contributed by atoms with Crippen LogP contribution in [-0.2, 0) is 14.3 Å².